The van der Waals surface area contributed by atoms with Crippen LogP contribution in [0, 0.1) is 5.92 Å². The minimum atomic E-state index is -0.745. The lowest BCUT2D eigenvalue weighted by molar-refractivity contribution is -0.137. The van der Waals surface area contributed by atoms with Crippen LogP contribution in [0.2, 0.25) is 0 Å². The van der Waals surface area contributed by atoms with E-state index in [4.69, 9.17) is 4.52 Å². The van der Waals surface area contributed by atoms with Crippen LogP contribution in [0.4, 0.5) is 5.69 Å². The molecule has 0 bridgehead atoms. The maximum atomic E-state index is 12.3. The summed E-state index contributed by atoms with van der Waals surface area (Å²) in [6.07, 6.45) is 8.48. The zero-order chi connectivity index (χ0) is 22.4. The van der Waals surface area contributed by atoms with Crippen LogP contribution in [0.15, 0.2) is 58.3 Å². The number of rotatable bonds is 5. The minimum Gasteiger partial charge on any atom is -0.390 e. The van der Waals surface area contributed by atoms with Gasteiger partial charge in [-0.1, -0.05) is 23.4 Å². The van der Waals surface area contributed by atoms with Crippen molar-refractivity contribution in [1.82, 2.24) is 10.1 Å². The van der Waals surface area contributed by atoms with Crippen LogP contribution >= 0.6 is 0 Å². The highest BCUT2D eigenvalue weighted by Gasteiger charge is 2.41. The normalized spacial score (nSPS) is 22.3. The number of amides is 1. The fourth-order valence-electron chi connectivity index (χ4n) is 5.13. The third-order valence-electron chi connectivity index (χ3n) is 7.30. The molecule has 7 heteroatoms. The molecule has 3 heterocycles. The second kappa shape index (κ2) is 7.99. The SMILES string of the molecule is O=C(C1CC1)N1CCC(O)(CC2CC=NN2c2ccc(-c3ccc4oncc4c3)cc2)CC1. The summed E-state index contributed by atoms with van der Waals surface area (Å²) < 4.78 is 5.20. The van der Waals surface area contributed by atoms with E-state index in [0.717, 1.165) is 47.0 Å². The molecule has 3 aliphatic rings. The second-order valence-corrected chi connectivity index (χ2v) is 9.69. The van der Waals surface area contributed by atoms with Gasteiger partial charge in [-0.2, -0.15) is 5.10 Å². The summed E-state index contributed by atoms with van der Waals surface area (Å²) in [5.74, 6) is 0.530. The first-order chi connectivity index (χ1) is 16.1. The monoisotopic (exact) mass is 444 g/mol. The van der Waals surface area contributed by atoms with Gasteiger partial charge in [0, 0.05) is 37.0 Å². The zero-order valence-corrected chi connectivity index (χ0v) is 18.6. The molecule has 1 saturated carbocycles. The summed E-state index contributed by atoms with van der Waals surface area (Å²) in [6.45, 7) is 1.31. The van der Waals surface area contributed by atoms with Gasteiger partial charge in [0.25, 0.3) is 0 Å². The Morgan fingerprint density at radius 3 is 2.61 bits per heavy atom. The predicted molar refractivity (Wildman–Crippen MR) is 127 cm³/mol. The van der Waals surface area contributed by atoms with Gasteiger partial charge in [-0.15, -0.1) is 0 Å². The van der Waals surface area contributed by atoms with E-state index in [9.17, 15) is 9.90 Å². The van der Waals surface area contributed by atoms with Gasteiger partial charge in [-0.05, 0) is 67.5 Å². The van der Waals surface area contributed by atoms with Crippen LogP contribution in [-0.4, -0.2) is 52.0 Å². The summed E-state index contributed by atoms with van der Waals surface area (Å²) in [6, 6.07) is 14.6. The standard InChI is InChI=1S/C26H28N4O3/c31-25(19-1-2-19)29-13-10-26(32,11-14-29)16-23-9-12-27-30(23)22-6-3-18(4-7-22)20-5-8-24-21(15-20)17-28-33-24/h3-8,12,15,17,19,23,32H,1-2,9-11,13-14,16H2. The van der Waals surface area contributed by atoms with Crippen molar-refractivity contribution in [1.29, 1.82) is 0 Å². The fourth-order valence-corrected chi connectivity index (χ4v) is 5.13. The number of fused-ring (bicyclic) bond motifs is 1. The fraction of sp³-hybridized carbons (Fsp3) is 0.423. The molecular formula is C26H28N4O3. The van der Waals surface area contributed by atoms with Crippen molar-refractivity contribution < 1.29 is 14.4 Å². The number of nitrogens with zero attached hydrogens (tertiary/aromatic N) is 4. The van der Waals surface area contributed by atoms with Gasteiger partial charge in [-0.25, -0.2) is 0 Å². The summed E-state index contributed by atoms with van der Waals surface area (Å²) in [5, 5.41) is 22.8. The molecule has 3 aromatic rings. The Morgan fingerprint density at radius 2 is 1.85 bits per heavy atom. The molecule has 2 aromatic carbocycles. The summed E-state index contributed by atoms with van der Waals surface area (Å²) in [7, 11) is 0. The highest BCUT2D eigenvalue weighted by molar-refractivity contribution is 5.83. The molecule has 2 aliphatic heterocycles. The average Bonchev–Trinajstić information content (AvgIpc) is 3.41. The van der Waals surface area contributed by atoms with Crippen LogP contribution in [0.25, 0.3) is 22.1 Å². The Kier molecular flexibility index (Phi) is 4.94. The number of anilines is 1. The Hall–Kier alpha value is -3.19. The van der Waals surface area contributed by atoms with Gasteiger partial charge in [0.15, 0.2) is 5.58 Å². The number of likely N-dealkylation sites (tertiary alicyclic amines) is 1. The maximum absolute atomic E-state index is 12.3. The number of aromatic nitrogens is 1. The van der Waals surface area contributed by atoms with E-state index < -0.39 is 5.60 Å². The van der Waals surface area contributed by atoms with Crippen molar-refractivity contribution in [2.24, 2.45) is 11.0 Å². The van der Waals surface area contributed by atoms with Crippen LogP contribution in [0.1, 0.15) is 38.5 Å². The molecule has 1 aromatic heterocycles. The van der Waals surface area contributed by atoms with Crippen molar-refractivity contribution >= 4 is 28.8 Å². The smallest absolute Gasteiger partial charge is 0.225 e. The molecule has 2 fully saturated rings. The van der Waals surface area contributed by atoms with Crippen molar-refractivity contribution in [3.05, 3.63) is 48.7 Å². The Balaban J connectivity index is 1.13. The lowest BCUT2D eigenvalue weighted by Gasteiger charge is -2.40. The van der Waals surface area contributed by atoms with E-state index in [0.29, 0.717) is 32.4 Å². The van der Waals surface area contributed by atoms with Crippen LogP contribution in [0.3, 0.4) is 0 Å². The number of carbonyl (C=O) groups is 1. The molecule has 1 saturated heterocycles. The lowest BCUT2D eigenvalue weighted by atomic mass is 9.84. The van der Waals surface area contributed by atoms with Crippen molar-refractivity contribution in [2.75, 3.05) is 18.1 Å². The number of hydrogen-bond acceptors (Lipinski definition) is 6. The van der Waals surface area contributed by atoms with Gasteiger partial charge < -0.3 is 14.5 Å². The zero-order valence-electron chi connectivity index (χ0n) is 18.6. The maximum Gasteiger partial charge on any atom is 0.225 e. The van der Waals surface area contributed by atoms with Gasteiger partial charge in [0.1, 0.15) is 0 Å². The third-order valence-corrected chi connectivity index (χ3v) is 7.30. The van der Waals surface area contributed by atoms with E-state index >= 15 is 0 Å². The van der Waals surface area contributed by atoms with Crippen molar-refractivity contribution in [3.63, 3.8) is 0 Å². The minimum absolute atomic E-state index is 0.125. The molecule has 1 atom stereocenters. The molecule has 170 valence electrons. The van der Waals surface area contributed by atoms with Crippen LogP contribution in [-0.2, 0) is 4.79 Å². The molecule has 1 aliphatic carbocycles. The first-order valence-electron chi connectivity index (χ1n) is 11.9. The summed E-state index contributed by atoms with van der Waals surface area (Å²) in [5.41, 5.74) is 3.29. The Labute approximate surface area is 192 Å². The summed E-state index contributed by atoms with van der Waals surface area (Å²) in [4.78, 5) is 14.3. The molecule has 7 nitrogen and oxygen atoms in total. The molecule has 0 radical (unpaired) electrons. The topological polar surface area (TPSA) is 82.2 Å². The van der Waals surface area contributed by atoms with Crippen molar-refractivity contribution in [2.45, 2.75) is 50.2 Å². The molecule has 0 spiro atoms. The quantitative estimate of drug-likeness (QED) is 0.637. The van der Waals surface area contributed by atoms with E-state index in [-0.39, 0.29) is 17.9 Å². The van der Waals surface area contributed by atoms with Gasteiger partial charge in [0.2, 0.25) is 5.91 Å². The first kappa shape index (κ1) is 20.4. The number of carbonyl (C=O) groups excluding carboxylic acids is 1. The highest BCUT2D eigenvalue weighted by atomic mass is 16.5. The third kappa shape index (κ3) is 4.02. The highest BCUT2D eigenvalue weighted by Crippen LogP contribution is 2.36. The van der Waals surface area contributed by atoms with E-state index in [2.05, 4.69) is 40.6 Å². The molecule has 33 heavy (non-hydrogen) atoms. The number of piperidine rings is 1. The first-order valence-corrected chi connectivity index (χ1v) is 11.9. The Morgan fingerprint density at radius 1 is 1.09 bits per heavy atom. The molecule has 6 rings (SSSR count). The average molecular weight is 445 g/mol. The Bertz CT molecular complexity index is 1190. The van der Waals surface area contributed by atoms with Crippen molar-refractivity contribution in [3.8, 4) is 11.1 Å². The van der Waals surface area contributed by atoms with Gasteiger partial charge in [0.05, 0.1) is 23.5 Å². The number of hydrazone groups is 1. The lowest BCUT2D eigenvalue weighted by Crippen LogP contribution is -2.49. The largest absolute Gasteiger partial charge is 0.390 e. The van der Waals surface area contributed by atoms with E-state index in [1.54, 1.807) is 6.20 Å². The second-order valence-electron chi connectivity index (χ2n) is 9.69. The molecule has 1 unspecified atom stereocenters. The van der Waals surface area contributed by atoms with E-state index in [1.165, 1.54) is 0 Å². The number of benzene rings is 2. The molecule has 1 N–H and O–H groups in total. The van der Waals surface area contributed by atoms with Crippen LogP contribution in [0.5, 0.6) is 0 Å². The number of hydrogen-bond donors (Lipinski definition) is 1. The van der Waals surface area contributed by atoms with Crippen LogP contribution < -0.4 is 5.01 Å². The van der Waals surface area contributed by atoms with E-state index in [1.807, 2.05) is 28.3 Å². The predicted octanol–water partition coefficient (Wildman–Crippen LogP) is 4.21. The van der Waals surface area contributed by atoms with Gasteiger partial charge >= 0.3 is 0 Å². The molecule has 1 amide bonds. The molecular weight excluding hydrogens is 416 g/mol. The summed E-state index contributed by atoms with van der Waals surface area (Å²) >= 11 is 0. The van der Waals surface area contributed by atoms with Gasteiger partial charge in [-0.3, -0.25) is 9.80 Å². The number of aliphatic hydroxyl groups is 1.